The number of carboxylic acids is 3. The van der Waals surface area contributed by atoms with Gasteiger partial charge >= 0.3 is 94.8 Å². The second-order valence-corrected chi connectivity index (χ2v) is 6.13. The molecule has 2 aromatic rings. The molecule has 0 bridgehead atoms. The molecular weight excluding hydrogens is 464 g/mol. The number of aromatic carboxylic acids is 2. The summed E-state index contributed by atoms with van der Waals surface area (Å²) in [7, 11) is 0. The molecule has 0 atom stereocenters. The minimum absolute atomic E-state index is 0. The van der Waals surface area contributed by atoms with Crippen LogP contribution < -0.4 is 104 Å². The summed E-state index contributed by atoms with van der Waals surface area (Å²) in [6.45, 7) is -1.45. The summed E-state index contributed by atoms with van der Waals surface area (Å²) in [6.07, 6.45) is -4.65. The Labute approximate surface area is 247 Å². The third-order valence-corrected chi connectivity index (χ3v) is 4.00. The molecule has 0 spiro atoms. The van der Waals surface area contributed by atoms with Gasteiger partial charge in [0.25, 0.3) is 0 Å². The van der Waals surface area contributed by atoms with Crippen LogP contribution in [0.25, 0.3) is 0 Å². The quantitative estimate of drug-likeness (QED) is 0.346. The molecule has 7 nitrogen and oxygen atoms in total. The second kappa shape index (κ2) is 14.8. The first kappa shape index (κ1) is 33.8. The molecule has 0 saturated carbocycles. The predicted octanol–water partition coefficient (Wildman–Crippen LogP) is -9.80. The Morgan fingerprint density at radius 2 is 1.38 bits per heavy atom. The van der Waals surface area contributed by atoms with Crippen molar-refractivity contribution < 1.29 is 132 Å². The maximum Gasteiger partial charge on any atom is 1.00 e. The van der Waals surface area contributed by atoms with E-state index < -0.39 is 53.9 Å². The van der Waals surface area contributed by atoms with E-state index in [0.29, 0.717) is 0 Å². The molecule has 2 rings (SSSR count). The Bertz CT molecular complexity index is 956. The topological polar surface area (TPSA) is 124 Å². The van der Waals surface area contributed by atoms with E-state index in [2.05, 4.69) is 0 Å². The van der Waals surface area contributed by atoms with E-state index >= 15 is 0 Å². The van der Waals surface area contributed by atoms with Crippen LogP contribution in [0.3, 0.4) is 0 Å². The Kier molecular flexibility index (Phi) is 15.6. The van der Waals surface area contributed by atoms with Gasteiger partial charge in [-0.3, -0.25) is 4.90 Å². The first-order valence-corrected chi connectivity index (χ1v) is 8.12. The Morgan fingerprint density at radius 1 is 0.812 bits per heavy atom. The minimum Gasteiger partial charge on any atom is -0.549 e. The number of carbonyl (C=O) groups is 3. The third kappa shape index (κ3) is 9.84. The maximum atomic E-state index is 13.2. The summed E-state index contributed by atoms with van der Waals surface area (Å²) in [5.41, 5.74) is -2.30. The van der Waals surface area contributed by atoms with Crippen LogP contribution in [0.15, 0.2) is 42.5 Å². The molecule has 2 aromatic carbocycles. The van der Waals surface area contributed by atoms with Crippen molar-refractivity contribution >= 4 is 17.9 Å². The fourth-order valence-electron chi connectivity index (χ4n) is 2.82. The molecule has 0 saturated heterocycles. The van der Waals surface area contributed by atoms with Crippen LogP contribution in [-0.4, -0.2) is 29.4 Å². The van der Waals surface area contributed by atoms with E-state index in [0.717, 1.165) is 23.1 Å². The smallest absolute Gasteiger partial charge is 0.549 e. The van der Waals surface area contributed by atoms with Gasteiger partial charge in [0, 0.05) is 30.8 Å². The predicted molar refractivity (Wildman–Crippen MR) is 85.7 cm³/mol. The van der Waals surface area contributed by atoms with Crippen molar-refractivity contribution in [3.8, 4) is 0 Å². The van der Waals surface area contributed by atoms with Gasteiger partial charge in [-0.15, -0.1) is 0 Å². The summed E-state index contributed by atoms with van der Waals surface area (Å²) < 4.78 is 39.5. The van der Waals surface area contributed by atoms with Crippen LogP contribution in [0.5, 0.6) is 0 Å². The van der Waals surface area contributed by atoms with Crippen LogP contribution in [0, 0.1) is 0 Å². The van der Waals surface area contributed by atoms with E-state index in [4.69, 9.17) is 0 Å². The third-order valence-electron chi connectivity index (χ3n) is 4.00. The van der Waals surface area contributed by atoms with E-state index in [1.807, 2.05) is 0 Å². The van der Waals surface area contributed by atoms with Crippen molar-refractivity contribution in [3.05, 3.63) is 70.3 Å². The molecule has 13 heteroatoms. The molecule has 0 fully saturated rings. The number of aliphatic carboxylic acids is 1. The number of alkyl halides is 3. The molecule has 0 aliphatic carbocycles. The van der Waals surface area contributed by atoms with Crippen LogP contribution in [-0.2, 0) is 24.1 Å². The van der Waals surface area contributed by atoms with Crippen LogP contribution in [0.1, 0.15) is 37.4 Å². The van der Waals surface area contributed by atoms with Gasteiger partial charge in [0.1, 0.15) is 0 Å². The van der Waals surface area contributed by atoms with Gasteiger partial charge in [-0.05, 0) is 23.3 Å². The Hall–Kier alpha value is -0.400. The van der Waals surface area contributed by atoms with Gasteiger partial charge < -0.3 is 29.7 Å². The van der Waals surface area contributed by atoms with Crippen molar-refractivity contribution in [2.24, 2.45) is 0 Å². The molecule has 0 aromatic heterocycles. The van der Waals surface area contributed by atoms with E-state index in [1.54, 1.807) is 0 Å². The molecule has 0 unspecified atom stereocenters. The first-order valence-electron chi connectivity index (χ1n) is 8.12. The van der Waals surface area contributed by atoms with Gasteiger partial charge in [0.05, 0.1) is 23.5 Å². The average Bonchev–Trinajstić information content (AvgIpc) is 2.60. The van der Waals surface area contributed by atoms with E-state index in [9.17, 15) is 42.9 Å². The van der Waals surface area contributed by atoms with Crippen molar-refractivity contribution in [1.29, 1.82) is 0 Å². The van der Waals surface area contributed by atoms with Crippen LogP contribution in [0.4, 0.5) is 13.2 Å². The fraction of sp³-hybridized carbons (Fsp3) is 0.211. The molecule has 154 valence electrons. The number of hydrogen-bond donors (Lipinski definition) is 0. The molecule has 0 aliphatic rings. The van der Waals surface area contributed by atoms with E-state index in [-0.39, 0.29) is 106 Å². The number of rotatable bonds is 8. The summed E-state index contributed by atoms with van der Waals surface area (Å²) in [4.78, 5) is 34.2. The second-order valence-electron chi connectivity index (χ2n) is 6.13. The van der Waals surface area contributed by atoms with E-state index in [1.165, 1.54) is 24.3 Å². The number of carbonyl (C=O) groups excluding carboxylic acids is 3. The van der Waals surface area contributed by atoms with Crippen LogP contribution in [0.2, 0.25) is 0 Å². The van der Waals surface area contributed by atoms with Gasteiger partial charge in [0.15, 0.2) is 0 Å². The number of benzene rings is 2. The SMILES string of the molecule is O=C([O-])CN(Cc1ccc(C(=O)[O-])c(C(=O)[O-])c1)Cc1ccccc1C(F)(F)F.[Na+].[Na+].[Na+]. The molecule has 0 radical (unpaired) electrons. The van der Waals surface area contributed by atoms with Gasteiger partial charge in [-0.2, -0.15) is 13.2 Å². The summed E-state index contributed by atoms with van der Waals surface area (Å²) in [6, 6.07) is 7.70. The molecule has 0 amide bonds. The number of nitrogens with zero attached hydrogens (tertiary/aromatic N) is 1. The number of halogens is 3. The molecule has 0 heterocycles. The van der Waals surface area contributed by atoms with Gasteiger partial charge in [0.2, 0.25) is 0 Å². The molecular formula is C19H13F3NNa3O6. The van der Waals surface area contributed by atoms with Crippen molar-refractivity contribution in [1.82, 2.24) is 4.90 Å². The largest absolute Gasteiger partial charge is 1.00 e. The summed E-state index contributed by atoms with van der Waals surface area (Å²) in [5.74, 6) is -5.10. The fourth-order valence-corrected chi connectivity index (χ4v) is 2.82. The molecule has 32 heavy (non-hydrogen) atoms. The average molecular weight is 477 g/mol. The Morgan fingerprint density at radius 3 is 1.88 bits per heavy atom. The van der Waals surface area contributed by atoms with Crippen molar-refractivity contribution in [2.45, 2.75) is 19.3 Å². The number of carboxylic acid groups (broad SMARTS) is 3. The zero-order chi connectivity index (χ0) is 21.8. The first-order chi connectivity index (χ1) is 13.5. The van der Waals surface area contributed by atoms with Gasteiger partial charge in [-0.25, -0.2) is 0 Å². The van der Waals surface area contributed by atoms with Gasteiger partial charge in [-0.1, -0.05) is 30.3 Å². The standard InChI is InChI=1S/C19H16F3NO6.3Na/c20-19(21,22)15-4-2-1-3-12(15)9-23(10-16(24)25)8-11-5-6-13(17(26)27)14(7-11)18(28)29;;;/h1-7H,8-10H2,(H,24,25)(H,26,27)(H,28,29);;;/q;3*+1/p-3. The van der Waals surface area contributed by atoms with Crippen molar-refractivity contribution in [2.75, 3.05) is 6.54 Å². The zero-order valence-electron chi connectivity index (χ0n) is 17.7. The number of hydrogen-bond acceptors (Lipinski definition) is 7. The normalized spacial score (nSPS) is 10.4. The van der Waals surface area contributed by atoms with Crippen LogP contribution >= 0.6 is 0 Å². The minimum atomic E-state index is -4.65. The zero-order valence-corrected chi connectivity index (χ0v) is 23.7. The van der Waals surface area contributed by atoms with Crippen molar-refractivity contribution in [3.63, 3.8) is 0 Å². The monoisotopic (exact) mass is 477 g/mol. The summed E-state index contributed by atoms with van der Waals surface area (Å²) in [5, 5.41) is 33.1. The summed E-state index contributed by atoms with van der Waals surface area (Å²) >= 11 is 0. The maximum absolute atomic E-state index is 13.2. The Balaban J connectivity index is 0. The molecule has 0 aliphatic heterocycles. The molecule has 0 N–H and O–H groups in total.